The van der Waals surface area contributed by atoms with Gasteiger partial charge in [-0.3, -0.25) is 4.90 Å². The highest BCUT2D eigenvalue weighted by molar-refractivity contribution is 7.16. The normalized spacial score (nSPS) is 19.9. The molecule has 29 heavy (non-hydrogen) atoms. The summed E-state index contributed by atoms with van der Waals surface area (Å²) in [6.45, 7) is 10.8. The minimum absolute atomic E-state index is 0.00940. The van der Waals surface area contributed by atoms with Crippen LogP contribution in [0.5, 0.6) is 0 Å². The van der Waals surface area contributed by atoms with E-state index in [4.69, 9.17) is 4.74 Å². The first kappa shape index (κ1) is 20.9. The molecule has 1 spiro atoms. The lowest BCUT2D eigenvalue weighted by Crippen LogP contribution is -2.56. The summed E-state index contributed by atoms with van der Waals surface area (Å²) in [5.74, 6) is 0.600. The third-order valence-corrected chi connectivity index (χ3v) is 7.75. The summed E-state index contributed by atoms with van der Waals surface area (Å²) in [6.07, 6.45) is 2.94. The number of thiophene rings is 1. The molecule has 3 heterocycles. The Morgan fingerprint density at radius 1 is 1.10 bits per heavy atom. The van der Waals surface area contributed by atoms with Crippen molar-refractivity contribution in [2.45, 2.75) is 51.2 Å². The molecular weight excluding hydrogens is 380 g/mol. The van der Waals surface area contributed by atoms with Crippen molar-refractivity contribution < 1.29 is 9.84 Å². The monoisotopic (exact) mass is 414 g/mol. The molecule has 158 valence electrons. The Bertz CT molecular complexity index is 796. The van der Waals surface area contributed by atoms with Gasteiger partial charge >= 0.3 is 0 Å². The van der Waals surface area contributed by atoms with Crippen molar-refractivity contribution >= 4 is 16.3 Å². The second kappa shape index (κ2) is 9.17. The summed E-state index contributed by atoms with van der Waals surface area (Å²) >= 11 is 1.94. The average molecular weight is 415 g/mol. The van der Waals surface area contributed by atoms with Crippen molar-refractivity contribution in [2.75, 3.05) is 44.3 Å². The number of aliphatic hydroxyl groups excluding tert-OH is 1. The molecule has 0 aliphatic carbocycles. The first-order valence-corrected chi connectivity index (χ1v) is 11.8. The van der Waals surface area contributed by atoms with Gasteiger partial charge in [0, 0.05) is 44.2 Å². The minimum atomic E-state index is 0.00940. The van der Waals surface area contributed by atoms with E-state index in [1.165, 1.54) is 21.0 Å². The van der Waals surface area contributed by atoms with Crippen LogP contribution in [0, 0.1) is 0 Å². The molecule has 0 amide bonds. The summed E-state index contributed by atoms with van der Waals surface area (Å²) in [5, 5.41) is 10.6. The molecule has 1 aromatic carbocycles. The Morgan fingerprint density at radius 2 is 1.90 bits per heavy atom. The van der Waals surface area contributed by atoms with Gasteiger partial charge in [0.2, 0.25) is 0 Å². The van der Waals surface area contributed by atoms with E-state index in [2.05, 4.69) is 60.0 Å². The summed E-state index contributed by atoms with van der Waals surface area (Å²) in [4.78, 5) is 6.57. The number of benzene rings is 1. The van der Waals surface area contributed by atoms with Crippen molar-refractivity contribution in [2.24, 2.45) is 0 Å². The number of anilines is 1. The summed E-state index contributed by atoms with van der Waals surface area (Å²) in [6, 6.07) is 13.2. The third-order valence-electron chi connectivity index (χ3n) is 6.31. The lowest BCUT2D eigenvalue weighted by atomic mass is 9.89. The molecule has 0 atom stereocenters. The number of likely N-dealkylation sites (tertiary alicyclic amines) is 1. The molecule has 4 rings (SSSR count). The SMILES string of the molecule is CC(C)c1ccc(N2CCOC3(CCN(Cc4cccc(CCO)c4)CC3)C2)s1. The van der Waals surface area contributed by atoms with Crippen LogP contribution in [-0.2, 0) is 17.7 Å². The summed E-state index contributed by atoms with van der Waals surface area (Å²) in [7, 11) is 0. The second-order valence-electron chi connectivity index (χ2n) is 8.85. The number of aliphatic hydroxyl groups is 1. The summed E-state index contributed by atoms with van der Waals surface area (Å²) < 4.78 is 6.37. The largest absolute Gasteiger partial charge is 0.396 e. The highest BCUT2D eigenvalue weighted by Crippen LogP contribution is 2.36. The van der Waals surface area contributed by atoms with Crippen LogP contribution in [0.3, 0.4) is 0 Å². The van der Waals surface area contributed by atoms with Gasteiger partial charge in [-0.15, -0.1) is 11.3 Å². The van der Waals surface area contributed by atoms with Crippen LogP contribution >= 0.6 is 11.3 Å². The van der Waals surface area contributed by atoms with E-state index < -0.39 is 0 Å². The van der Waals surface area contributed by atoms with Crippen molar-refractivity contribution in [3.63, 3.8) is 0 Å². The predicted octanol–water partition coefficient (Wildman–Crippen LogP) is 4.28. The number of rotatable bonds is 6. The standard InChI is InChI=1S/C24H34N2O2S/c1-19(2)22-6-7-23(29-22)26-13-15-28-24(18-26)9-11-25(12-10-24)17-21-5-3-4-20(16-21)8-14-27/h3-7,16,19,27H,8-15,17-18H2,1-2H3. The Kier molecular flexibility index (Phi) is 6.60. The molecule has 2 aliphatic heterocycles. The Morgan fingerprint density at radius 3 is 2.62 bits per heavy atom. The van der Waals surface area contributed by atoms with Crippen LogP contribution < -0.4 is 4.90 Å². The van der Waals surface area contributed by atoms with E-state index in [0.717, 1.165) is 58.6 Å². The van der Waals surface area contributed by atoms with Crippen LogP contribution in [0.15, 0.2) is 36.4 Å². The molecule has 2 aliphatic rings. The van der Waals surface area contributed by atoms with Crippen molar-refractivity contribution in [1.82, 2.24) is 4.90 Å². The number of ether oxygens (including phenoxy) is 1. The zero-order valence-corrected chi connectivity index (χ0v) is 18.6. The fourth-order valence-electron chi connectivity index (χ4n) is 4.55. The van der Waals surface area contributed by atoms with E-state index in [1.807, 2.05) is 11.3 Å². The van der Waals surface area contributed by atoms with Crippen LogP contribution in [-0.4, -0.2) is 55.0 Å². The molecule has 4 nitrogen and oxygen atoms in total. The van der Waals surface area contributed by atoms with Gasteiger partial charge in [0.1, 0.15) is 0 Å². The molecular formula is C24H34N2O2S. The van der Waals surface area contributed by atoms with E-state index >= 15 is 0 Å². The van der Waals surface area contributed by atoms with Gasteiger partial charge in [0.15, 0.2) is 0 Å². The van der Waals surface area contributed by atoms with Crippen LogP contribution in [0.2, 0.25) is 0 Å². The van der Waals surface area contributed by atoms with Gasteiger partial charge in [-0.25, -0.2) is 0 Å². The van der Waals surface area contributed by atoms with E-state index in [9.17, 15) is 5.11 Å². The first-order chi connectivity index (χ1) is 14.1. The molecule has 2 saturated heterocycles. The molecule has 1 N–H and O–H groups in total. The molecule has 2 fully saturated rings. The predicted molar refractivity (Wildman–Crippen MR) is 121 cm³/mol. The van der Waals surface area contributed by atoms with Gasteiger partial charge in [-0.2, -0.15) is 0 Å². The van der Waals surface area contributed by atoms with Crippen LogP contribution in [0.25, 0.3) is 0 Å². The fraction of sp³-hybridized carbons (Fsp3) is 0.583. The Hall–Kier alpha value is -1.40. The lowest BCUT2D eigenvalue weighted by molar-refractivity contribution is -0.0919. The molecule has 5 heteroatoms. The average Bonchev–Trinajstić information content (AvgIpc) is 3.22. The van der Waals surface area contributed by atoms with E-state index in [-0.39, 0.29) is 12.2 Å². The number of morpholine rings is 1. The van der Waals surface area contributed by atoms with Crippen LogP contribution in [0.4, 0.5) is 5.00 Å². The number of hydrogen-bond donors (Lipinski definition) is 1. The summed E-state index contributed by atoms with van der Waals surface area (Å²) in [5.41, 5.74) is 2.58. The quantitative estimate of drug-likeness (QED) is 0.765. The topological polar surface area (TPSA) is 35.9 Å². The maximum Gasteiger partial charge on any atom is 0.0913 e. The molecule has 0 bridgehead atoms. The molecule has 0 radical (unpaired) electrons. The maximum atomic E-state index is 9.18. The Balaban J connectivity index is 1.34. The van der Waals surface area contributed by atoms with Crippen molar-refractivity contribution in [3.05, 3.63) is 52.4 Å². The molecule has 2 aromatic rings. The zero-order chi connectivity index (χ0) is 20.3. The van der Waals surface area contributed by atoms with Gasteiger partial charge in [-0.05, 0) is 48.4 Å². The molecule has 0 saturated carbocycles. The highest BCUT2D eigenvalue weighted by atomic mass is 32.1. The highest BCUT2D eigenvalue weighted by Gasteiger charge is 2.40. The number of hydrogen-bond acceptors (Lipinski definition) is 5. The maximum absolute atomic E-state index is 9.18. The number of piperidine rings is 1. The van der Waals surface area contributed by atoms with Gasteiger partial charge in [0.05, 0.1) is 17.2 Å². The second-order valence-corrected chi connectivity index (χ2v) is 9.95. The zero-order valence-electron chi connectivity index (χ0n) is 17.8. The first-order valence-electron chi connectivity index (χ1n) is 11.0. The van der Waals surface area contributed by atoms with E-state index in [0.29, 0.717) is 5.92 Å². The fourth-order valence-corrected chi connectivity index (χ4v) is 5.58. The van der Waals surface area contributed by atoms with Crippen molar-refractivity contribution in [3.8, 4) is 0 Å². The third kappa shape index (κ3) is 5.02. The number of nitrogens with zero attached hydrogens (tertiary/aromatic N) is 2. The smallest absolute Gasteiger partial charge is 0.0913 e. The van der Waals surface area contributed by atoms with Gasteiger partial charge in [-0.1, -0.05) is 38.1 Å². The minimum Gasteiger partial charge on any atom is -0.396 e. The van der Waals surface area contributed by atoms with Crippen molar-refractivity contribution in [1.29, 1.82) is 0 Å². The van der Waals surface area contributed by atoms with E-state index in [1.54, 1.807) is 0 Å². The molecule has 0 unspecified atom stereocenters. The van der Waals surface area contributed by atoms with Gasteiger partial charge < -0.3 is 14.7 Å². The van der Waals surface area contributed by atoms with Gasteiger partial charge in [0.25, 0.3) is 0 Å². The Labute approximate surface area is 179 Å². The molecule has 1 aromatic heterocycles. The lowest BCUT2D eigenvalue weighted by Gasteiger charge is -2.47. The van der Waals surface area contributed by atoms with Crippen LogP contribution in [0.1, 0.15) is 48.6 Å².